The number of ether oxygens (including phenoxy) is 5. The summed E-state index contributed by atoms with van der Waals surface area (Å²) in [5, 5.41) is 11.6. The van der Waals surface area contributed by atoms with Crippen LogP contribution < -0.4 is 23.8 Å². The highest BCUT2D eigenvalue weighted by Gasteiger charge is 2.46. The molecule has 4 aliphatic rings. The Balaban J connectivity index is 1.08. The van der Waals surface area contributed by atoms with Crippen molar-refractivity contribution >= 4 is 35.5 Å². The van der Waals surface area contributed by atoms with Crippen LogP contribution in [0.5, 0.6) is 23.0 Å². The molecule has 0 radical (unpaired) electrons. The average Bonchev–Trinajstić information content (AvgIpc) is 3.69. The second-order valence-electron chi connectivity index (χ2n) is 13.1. The number of anilines is 1. The van der Waals surface area contributed by atoms with Gasteiger partial charge in [-0.3, -0.25) is 14.6 Å². The second-order valence-corrected chi connectivity index (χ2v) is 13.1. The number of aliphatic imine (C=N–C) groups is 1. The third kappa shape index (κ3) is 6.55. The monoisotopic (exact) mass is 708 g/mol. The van der Waals surface area contributed by atoms with E-state index in [9.17, 15) is 19.5 Å². The zero-order valence-corrected chi connectivity index (χ0v) is 29.1. The Hall–Kier alpha value is -5.82. The largest absolute Gasteiger partial charge is 0.493 e. The molecule has 3 aromatic carbocycles. The van der Waals surface area contributed by atoms with Crippen molar-refractivity contribution in [2.45, 2.75) is 44.2 Å². The zero-order valence-electron chi connectivity index (χ0n) is 29.1. The number of fused-ring (bicyclic) bond motifs is 4. The number of aliphatic hydroxyl groups excluding tert-OH is 1. The third-order valence-corrected chi connectivity index (χ3v) is 9.59. The van der Waals surface area contributed by atoms with Gasteiger partial charge in [-0.05, 0) is 30.5 Å². The molecule has 0 aromatic heterocycles. The lowest BCUT2D eigenvalue weighted by molar-refractivity contribution is 0.0485. The van der Waals surface area contributed by atoms with E-state index < -0.39 is 18.4 Å². The number of aliphatic hydroxyl groups is 1. The number of methoxy groups -OCH3 is 2. The van der Waals surface area contributed by atoms with Crippen molar-refractivity contribution in [1.82, 2.24) is 9.80 Å². The molecule has 2 saturated heterocycles. The van der Waals surface area contributed by atoms with Gasteiger partial charge in [0, 0.05) is 37.9 Å². The van der Waals surface area contributed by atoms with Crippen molar-refractivity contribution in [3.8, 4) is 23.0 Å². The maximum Gasteiger partial charge on any atom is 0.416 e. The molecule has 270 valence electrons. The molecule has 4 heterocycles. The third-order valence-electron chi connectivity index (χ3n) is 9.59. The quantitative estimate of drug-likeness (QED) is 0.220. The normalized spacial score (nSPS) is 20.4. The van der Waals surface area contributed by atoms with Crippen LogP contribution in [0.15, 0.2) is 83.9 Å². The van der Waals surface area contributed by atoms with Gasteiger partial charge in [0.2, 0.25) is 0 Å². The fourth-order valence-electron chi connectivity index (χ4n) is 7.00. The van der Waals surface area contributed by atoms with Gasteiger partial charge in [-0.25, -0.2) is 9.69 Å². The van der Waals surface area contributed by atoms with Gasteiger partial charge in [0.05, 0.1) is 62.0 Å². The predicted molar refractivity (Wildman–Crippen MR) is 192 cm³/mol. The molecule has 13 nitrogen and oxygen atoms in total. The SMILES string of the molecule is C=C1C[C@H]2C=Nc3cc(OCCCOc4cc5c(cc4OC)C(=O)N4CC(=C)C[C@H]4[C@H](O)N5C(=O)OCc4ccccc4)c(OC)cc3C(=O)N2C1. The van der Waals surface area contributed by atoms with Gasteiger partial charge in [0.1, 0.15) is 6.61 Å². The van der Waals surface area contributed by atoms with E-state index in [2.05, 4.69) is 18.2 Å². The second kappa shape index (κ2) is 14.4. The Kier molecular flexibility index (Phi) is 9.61. The van der Waals surface area contributed by atoms with Crippen LogP contribution in [-0.2, 0) is 11.3 Å². The van der Waals surface area contributed by atoms with Crippen molar-refractivity contribution in [3.05, 3.63) is 95.6 Å². The first-order valence-corrected chi connectivity index (χ1v) is 17.0. The molecule has 52 heavy (non-hydrogen) atoms. The Morgan fingerprint density at radius 3 is 2.19 bits per heavy atom. The van der Waals surface area contributed by atoms with Crippen LogP contribution in [0.2, 0.25) is 0 Å². The molecular weight excluding hydrogens is 668 g/mol. The van der Waals surface area contributed by atoms with Crippen molar-refractivity contribution in [2.75, 3.05) is 45.4 Å². The zero-order chi connectivity index (χ0) is 36.5. The number of hydrogen-bond donors (Lipinski definition) is 1. The van der Waals surface area contributed by atoms with E-state index in [1.54, 1.807) is 23.2 Å². The van der Waals surface area contributed by atoms with Crippen molar-refractivity contribution in [1.29, 1.82) is 0 Å². The molecule has 4 aliphatic heterocycles. The Labute approximate surface area is 301 Å². The maximum absolute atomic E-state index is 13.9. The summed E-state index contributed by atoms with van der Waals surface area (Å²) in [6, 6.07) is 14.7. The van der Waals surface area contributed by atoms with Crippen LogP contribution >= 0.6 is 0 Å². The molecule has 1 N–H and O–H groups in total. The van der Waals surface area contributed by atoms with Crippen LogP contribution in [0.4, 0.5) is 16.2 Å². The molecule has 3 aromatic rings. The van der Waals surface area contributed by atoms with Gasteiger partial charge >= 0.3 is 6.09 Å². The smallest absolute Gasteiger partial charge is 0.416 e. The summed E-state index contributed by atoms with van der Waals surface area (Å²) in [6.45, 7) is 9.16. The standard InChI is InChI=1S/C39H40N4O9/c1-23-13-26-19-40-29-17-34(32(48-3)15-27(29)36(44)41(26)20-23)50-11-8-12-51-35-18-30-28(16-33(35)49-4)37(45)42-21-24(2)14-31(42)38(46)43(30)39(47)52-22-25-9-6-5-7-10-25/h5-7,9-10,15-19,26,31,38,46H,1-2,8,11-14,20-22H2,3-4H3/t26-,31-,38-/m0/s1. The summed E-state index contributed by atoms with van der Waals surface area (Å²) in [4.78, 5) is 49.8. The van der Waals surface area contributed by atoms with Crippen LogP contribution in [-0.4, -0.2) is 97.9 Å². The molecule has 0 spiro atoms. The molecule has 0 saturated carbocycles. The number of nitrogens with zero attached hydrogens (tertiary/aromatic N) is 4. The first kappa shape index (κ1) is 34.6. The van der Waals surface area contributed by atoms with Crippen molar-refractivity contribution < 1.29 is 43.2 Å². The summed E-state index contributed by atoms with van der Waals surface area (Å²) in [7, 11) is 2.97. The molecule has 0 aliphatic carbocycles. The number of amides is 3. The fourth-order valence-corrected chi connectivity index (χ4v) is 7.00. The van der Waals surface area contributed by atoms with Gasteiger partial charge in [-0.1, -0.05) is 54.6 Å². The molecule has 2 fully saturated rings. The summed E-state index contributed by atoms with van der Waals surface area (Å²) >= 11 is 0. The highest BCUT2D eigenvalue weighted by Crippen LogP contribution is 2.42. The van der Waals surface area contributed by atoms with E-state index in [-0.39, 0.29) is 67.0 Å². The molecule has 7 rings (SSSR count). The Morgan fingerprint density at radius 2 is 1.48 bits per heavy atom. The van der Waals surface area contributed by atoms with Crippen molar-refractivity contribution in [3.63, 3.8) is 0 Å². The molecule has 0 bridgehead atoms. The van der Waals surface area contributed by atoms with Gasteiger partial charge in [-0.2, -0.15) is 0 Å². The number of rotatable bonds is 10. The van der Waals surface area contributed by atoms with E-state index in [0.29, 0.717) is 48.6 Å². The van der Waals surface area contributed by atoms with E-state index in [1.807, 2.05) is 30.3 Å². The number of hydrogen-bond acceptors (Lipinski definition) is 10. The minimum Gasteiger partial charge on any atom is -0.493 e. The van der Waals surface area contributed by atoms with Gasteiger partial charge in [-0.15, -0.1) is 0 Å². The van der Waals surface area contributed by atoms with Crippen LogP contribution in [0.25, 0.3) is 0 Å². The fraction of sp³-hybridized carbons (Fsp3) is 0.333. The summed E-state index contributed by atoms with van der Waals surface area (Å²) in [6.07, 6.45) is 0.979. The lowest BCUT2D eigenvalue weighted by atomic mass is 10.1. The summed E-state index contributed by atoms with van der Waals surface area (Å²) in [5.74, 6) is 0.857. The molecule has 3 amide bonds. The number of carbonyl (C=O) groups is 3. The Bertz CT molecular complexity index is 1960. The minimum atomic E-state index is -1.41. The highest BCUT2D eigenvalue weighted by atomic mass is 16.6. The average molecular weight is 709 g/mol. The van der Waals surface area contributed by atoms with Gasteiger partial charge in [0.25, 0.3) is 11.8 Å². The van der Waals surface area contributed by atoms with Crippen molar-refractivity contribution in [2.24, 2.45) is 4.99 Å². The predicted octanol–water partition coefficient (Wildman–Crippen LogP) is 5.28. The number of carbonyl (C=O) groups excluding carboxylic acids is 3. The van der Waals surface area contributed by atoms with E-state index >= 15 is 0 Å². The Morgan fingerprint density at radius 1 is 0.846 bits per heavy atom. The lowest BCUT2D eigenvalue weighted by Gasteiger charge is -2.31. The minimum absolute atomic E-state index is 0.0282. The first-order chi connectivity index (χ1) is 25.2. The van der Waals surface area contributed by atoms with E-state index in [1.165, 1.54) is 31.3 Å². The molecule has 3 atom stereocenters. The van der Waals surface area contributed by atoms with Crippen LogP contribution in [0, 0.1) is 0 Å². The van der Waals surface area contributed by atoms with Crippen LogP contribution in [0.1, 0.15) is 45.5 Å². The first-order valence-electron chi connectivity index (χ1n) is 17.0. The van der Waals surface area contributed by atoms with E-state index in [4.69, 9.17) is 23.7 Å². The van der Waals surface area contributed by atoms with E-state index in [0.717, 1.165) is 21.6 Å². The number of benzene rings is 3. The molecule has 0 unspecified atom stereocenters. The van der Waals surface area contributed by atoms with Gasteiger partial charge < -0.3 is 38.6 Å². The van der Waals surface area contributed by atoms with Crippen LogP contribution in [0.3, 0.4) is 0 Å². The topological polar surface area (TPSA) is 140 Å². The highest BCUT2D eigenvalue weighted by molar-refractivity contribution is 6.06. The molecular formula is C39H40N4O9. The summed E-state index contributed by atoms with van der Waals surface area (Å²) < 4.78 is 29.0. The lowest BCUT2D eigenvalue weighted by Crippen LogP contribution is -2.50. The van der Waals surface area contributed by atoms with Gasteiger partial charge in [0.15, 0.2) is 29.2 Å². The summed E-state index contributed by atoms with van der Waals surface area (Å²) in [5.41, 5.74) is 3.75. The molecule has 13 heteroatoms. The maximum atomic E-state index is 13.9.